The summed E-state index contributed by atoms with van der Waals surface area (Å²) in [6.45, 7) is 6.33. The van der Waals surface area contributed by atoms with Gasteiger partial charge < -0.3 is 19.5 Å². The van der Waals surface area contributed by atoms with Crippen LogP contribution in [-0.4, -0.2) is 43.6 Å². The highest BCUT2D eigenvalue weighted by Crippen LogP contribution is 2.38. The third-order valence-corrected chi connectivity index (χ3v) is 5.12. The molecule has 1 saturated heterocycles. The topological polar surface area (TPSA) is 46.5 Å². The first kappa shape index (κ1) is 16.9. The van der Waals surface area contributed by atoms with Crippen LogP contribution in [0, 0.1) is 0 Å². The lowest BCUT2D eigenvalue weighted by Crippen LogP contribution is -2.44. The van der Waals surface area contributed by atoms with Gasteiger partial charge in [0.25, 0.3) is 0 Å². The smallest absolute Gasteiger partial charge is 0.154 e. The first-order valence-corrected chi connectivity index (χ1v) is 9.38. The van der Waals surface area contributed by atoms with E-state index in [0.29, 0.717) is 6.61 Å². The van der Waals surface area contributed by atoms with Gasteiger partial charge in [0.1, 0.15) is 11.6 Å². The summed E-state index contributed by atoms with van der Waals surface area (Å²) in [5.41, 5.74) is 1.90. The number of allylic oxidation sites excluding steroid dienone is 3. The SMILES string of the molecule is CCOC1=CC(n2c(N3CCNCC3)c(C=O)c3ccccc32)CC=C1. The van der Waals surface area contributed by atoms with E-state index in [1.165, 1.54) is 0 Å². The van der Waals surface area contributed by atoms with E-state index in [4.69, 9.17) is 4.74 Å². The molecule has 2 aliphatic rings. The Morgan fingerprint density at radius 1 is 1.27 bits per heavy atom. The molecule has 4 rings (SSSR count). The first-order chi connectivity index (χ1) is 12.8. The quantitative estimate of drug-likeness (QED) is 0.840. The normalized spacial score (nSPS) is 20.3. The minimum atomic E-state index is 0.144. The molecule has 0 amide bonds. The largest absolute Gasteiger partial charge is 0.494 e. The number of ether oxygens (including phenoxy) is 1. The van der Waals surface area contributed by atoms with Crippen molar-refractivity contribution in [2.24, 2.45) is 0 Å². The number of fused-ring (bicyclic) bond motifs is 1. The molecule has 0 radical (unpaired) electrons. The van der Waals surface area contributed by atoms with Gasteiger partial charge in [-0.1, -0.05) is 24.3 Å². The highest BCUT2D eigenvalue weighted by atomic mass is 16.5. The van der Waals surface area contributed by atoms with Crippen molar-refractivity contribution in [3.05, 3.63) is 53.8 Å². The maximum atomic E-state index is 12.0. The molecule has 1 aliphatic heterocycles. The zero-order valence-corrected chi connectivity index (χ0v) is 15.1. The summed E-state index contributed by atoms with van der Waals surface area (Å²) in [5.74, 6) is 1.94. The molecule has 2 aromatic rings. The van der Waals surface area contributed by atoms with Crippen molar-refractivity contribution in [1.29, 1.82) is 0 Å². The van der Waals surface area contributed by atoms with Gasteiger partial charge in [-0.15, -0.1) is 0 Å². The van der Waals surface area contributed by atoms with Crippen molar-refractivity contribution in [3.8, 4) is 0 Å². The molecule has 5 nitrogen and oxygen atoms in total. The number of anilines is 1. The first-order valence-electron chi connectivity index (χ1n) is 9.38. The molecular formula is C21H25N3O2. The van der Waals surface area contributed by atoms with Crippen LogP contribution >= 0.6 is 0 Å². The minimum absolute atomic E-state index is 0.144. The second-order valence-corrected chi connectivity index (χ2v) is 6.69. The summed E-state index contributed by atoms with van der Waals surface area (Å²) in [5, 5.41) is 4.42. The third kappa shape index (κ3) is 2.92. The molecule has 1 aromatic heterocycles. The fourth-order valence-corrected chi connectivity index (χ4v) is 4.01. The molecule has 2 heterocycles. The van der Waals surface area contributed by atoms with E-state index in [1.54, 1.807) is 0 Å². The van der Waals surface area contributed by atoms with Crippen LogP contribution in [0.15, 0.2) is 48.3 Å². The van der Waals surface area contributed by atoms with Crippen LogP contribution in [0.2, 0.25) is 0 Å². The van der Waals surface area contributed by atoms with Crippen LogP contribution in [0.25, 0.3) is 10.9 Å². The maximum absolute atomic E-state index is 12.0. The summed E-state index contributed by atoms with van der Waals surface area (Å²) < 4.78 is 8.06. The van der Waals surface area contributed by atoms with E-state index >= 15 is 0 Å². The molecular weight excluding hydrogens is 326 g/mol. The predicted molar refractivity (Wildman–Crippen MR) is 105 cm³/mol. The van der Waals surface area contributed by atoms with Gasteiger partial charge in [0, 0.05) is 31.6 Å². The summed E-state index contributed by atoms with van der Waals surface area (Å²) in [6.07, 6.45) is 8.29. The van der Waals surface area contributed by atoms with Gasteiger partial charge in [-0.2, -0.15) is 0 Å². The Bertz CT molecular complexity index is 860. The predicted octanol–water partition coefficient (Wildman–Crippen LogP) is 3.28. The van der Waals surface area contributed by atoms with Crippen molar-refractivity contribution in [1.82, 2.24) is 9.88 Å². The van der Waals surface area contributed by atoms with E-state index in [0.717, 1.165) is 66.9 Å². The van der Waals surface area contributed by atoms with Crippen molar-refractivity contribution >= 4 is 23.0 Å². The summed E-state index contributed by atoms with van der Waals surface area (Å²) in [6, 6.07) is 8.35. The highest BCUT2D eigenvalue weighted by Gasteiger charge is 2.26. The Morgan fingerprint density at radius 3 is 2.85 bits per heavy atom. The monoisotopic (exact) mass is 351 g/mol. The number of hydrogen-bond donors (Lipinski definition) is 1. The molecule has 1 atom stereocenters. The van der Waals surface area contributed by atoms with Crippen LogP contribution in [0.5, 0.6) is 0 Å². The Hall–Kier alpha value is -2.53. The number of carbonyl (C=O) groups is 1. The number of hydrogen-bond acceptors (Lipinski definition) is 4. The van der Waals surface area contributed by atoms with Crippen LogP contribution in [0.3, 0.4) is 0 Å². The third-order valence-electron chi connectivity index (χ3n) is 5.12. The van der Waals surface area contributed by atoms with Crippen LogP contribution < -0.4 is 10.2 Å². The average Bonchev–Trinajstić information content (AvgIpc) is 3.03. The highest BCUT2D eigenvalue weighted by molar-refractivity contribution is 6.04. The summed E-state index contributed by atoms with van der Waals surface area (Å²) in [7, 11) is 0. The van der Waals surface area contributed by atoms with E-state index in [1.807, 2.05) is 31.2 Å². The van der Waals surface area contributed by atoms with Gasteiger partial charge in [-0.3, -0.25) is 4.79 Å². The van der Waals surface area contributed by atoms with Gasteiger partial charge in [0.15, 0.2) is 6.29 Å². The number of nitrogens with zero attached hydrogens (tertiary/aromatic N) is 2. The number of piperazine rings is 1. The second kappa shape index (κ2) is 7.38. The zero-order valence-electron chi connectivity index (χ0n) is 15.1. The van der Waals surface area contributed by atoms with Crippen molar-refractivity contribution in [2.75, 3.05) is 37.7 Å². The number of nitrogens with one attached hydrogen (secondary N) is 1. The number of para-hydroxylation sites is 1. The van der Waals surface area contributed by atoms with Gasteiger partial charge in [0.05, 0.1) is 23.7 Å². The Morgan fingerprint density at radius 2 is 2.08 bits per heavy atom. The molecule has 1 unspecified atom stereocenters. The van der Waals surface area contributed by atoms with E-state index in [-0.39, 0.29) is 6.04 Å². The van der Waals surface area contributed by atoms with Crippen molar-refractivity contribution < 1.29 is 9.53 Å². The van der Waals surface area contributed by atoms with Gasteiger partial charge in [-0.05, 0) is 31.6 Å². The van der Waals surface area contributed by atoms with Crippen molar-refractivity contribution in [2.45, 2.75) is 19.4 Å². The zero-order chi connectivity index (χ0) is 17.9. The molecule has 0 bridgehead atoms. The van der Waals surface area contributed by atoms with Crippen LogP contribution in [0.1, 0.15) is 29.7 Å². The lowest BCUT2D eigenvalue weighted by Gasteiger charge is -2.33. The summed E-state index contributed by atoms with van der Waals surface area (Å²) >= 11 is 0. The number of rotatable bonds is 5. The number of benzene rings is 1. The molecule has 1 fully saturated rings. The van der Waals surface area contributed by atoms with Crippen LogP contribution in [-0.2, 0) is 4.74 Å². The fourth-order valence-electron chi connectivity index (χ4n) is 4.01. The number of aromatic nitrogens is 1. The van der Waals surface area contributed by atoms with E-state index in [9.17, 15) is 4.79 Å². The van der Waals surface area contributed by atoms with Crippen molar-refractivity contribution in [3.63, 3.8) is 0 Å². The number of carbonyl (C=O) groups excluding carboxylic acids is 1. The minimum Gasteiger partial charge on any atom is -0.494 e. The molecule has 0 spiro atoms. The molecule has 0 saturated carbocycles. The summed E-state index contributed by atoms with van der Waals surface area (Å²) in [4.78, 5) is 14.4. The lowest BCUT2D eigenvalue weighted by atomic mass is 10.1. The molecule has 1 N–H and O–H groups in total. The lowest BCUT2D eigenvalue weighted by molar-refractivity contribution is 0.112. The molecule has 1 aliphatic carbocycles. The van der Waals surface area contributed by atoms with Gasteiger partial charge >= 0.3 is 0 Å². The Balaban J connectivity index is 1.89. The maximum Gasteiger partial charge on any atom is 0.154 e. The second-order valence-electron chi connectivity index (χ2n) is 6.69. The molecule has 26 heavy (non-hydrogen) atoms. The standard InChI is InChI=1S/C21H25N3O2/c1-2-26-17-7-5-6-16(14-17)24-20-9-4-3-8-18(20)19(15-25)21(24)23-12-10-22-11-13-23/h3-5,7-9,14-16,22H,2,6,10-13H2,1H3. The van der Waals surface area contributed by atoms with Gasteiger partial charge in [-0.25, -0.2) is 0 Å². The Kier molecular flexibility index (Phi) is 4.80. The van der Waals surface area contributed by atoms with E-state index in [2.05, 4.69) is 33.0 Å². The average molecular weight is 351 g/mol. The Labute approximate surface area is 153 Å². The van der Waals surface area contributed by atoms with Crippen LogP contribution in [0.4, 0.5) is 5.82 Å². The molecule has 136 valence electrons. The molecule has 1 aromatic carbocycles. The molecule has 5 heteroatoms. The van der Waals surface area contributed by atoms with E-state index < -0.39 is 0 Å². The number of aldehydes is 1. The van der Waals surface area contributed by atoms with Gasteiger partial charge in [0.2, 0.25) is 0 Å². The fraction of sp³-hybridized carbons (Fsp3) is 0.381.